The Balaban J connectivity index is 1.52. The number of fused-ring (bicyclic) bond motifs is 1. The van der Waals surface area contributed by atoms with Gasteiger partial charge in [0.05, 0.1) is 5.69 Å². The summed E-state index contributed by atoms with van der Waals surface area (Å²) in [6, 6.07) is 16.2. The summed E-state index contributed by atoms with van der Waals surface area (Å²) in [5.41, 5.74) is 4.53. The molecule has 0 fully saturated rings. The number of aromatic nitrogens is 1. The van der Waals surface area contributed by atoms with Gasteiger partial charge >= 0.3 is 0 Å². The van der Waals surface area contributed by atoms with E-state index >= 15 is 0 Å². The van der Waals surface area contributed by atoms with Gasteiger partial charge in [0, 0.05) is 28.9 Å². The van der Waals surface area contributed by atoms with Crippen LogP contribution in [-0.2, 0) is 6.42 Å². The van der Waals surface area contributed by atoms with Crippen molar-refractivity contribution in [2.45, 2.75) is 13.3 Å². The molecule has 3 aromatic rings. The summed E-state index contributed by atoms with van der Waals surface area (Å²) in [5, 5.41) is 15.4. The molecule has 1 aliphatic heterocycles. The molecule has 1 aromatic heterocycles. The van der Waals surface area contributed by atoms with Crippen LogP contribution in [-0.4, -0.2) is 18.2 Å². The first-order valence-corrected chi connectivity index (χ1v) is 9.96. The molecule has 0 saturated heterocycles. The normalized spacial score (nSPS) is 13.1. The van der Waals surface area contributed by atoms with E-state index in [4.69, 9.17) is 9.47 Å². The minimum atomic E-state index is 0.483. The average Bonchev–Trinajstić information content (AvgIpc) is 3.24. The first-order chi connectivity index (χ1) is 13.8. The molecule has 1 aliphatic rings. The van der Waals surface area contributed by atoms with Crippen LogP contribution in [0.1, 0.15) is 17.5 Å². The molecular formula is C22H19N3O2S. The van der Waals surface area contributed by atoms with E-state index in [2.05, 4.69) is 47.6 Å². The standard InChI is InChI=1S/C22H19N3O2S/c1-2-15-3-5-16(6-4-15)19-14-28-22(25-19)17(12-23)13-24-18-7-8-20-21(11-18)27-10-9-26-20/h3-8,11,13-14,24H,2,9-10H2,1H3. The topological polar surface area (TPSA) is 67.2 Å². The van der Waals surface area contributed by atoms with E-state index in [1.165, 1.54) is 16.9 Å². The number of thiazole rings is 1. The summed E-state index contributed by atoms with van der Waals surface area (Å²) in [6.07, 6.45) is 2.68. The second kappa shape index (κ2) is 8.15. The van der Waals surface area contributed by atoms with E-state index in [-0.39, 0.29) is 0 Å². The van der Waals surface area contributed by atoms with Crippen LogP contribution in [0.25, 0.3) is 16.8 Å². The molecule has 0 unspecified atom stereocenters. The van der Waals surface area contributed by atoms with Gasteiger partial charge in [-0.15, -0.1) is 11.3 Å². The fraction of sp³-hybridized carbons (Fsp3) is 0.182. The third kappa shape index (κ3) is 3.85. The lowest BCUT2D eigenvalue weighted by Gasteiger charge is -2.18. The summed E-state index contributed by atoms with van der Waals surface area (Å²) in [6.45, 7) is 3.23. The van der Waals surface area contributed by atoms with Gasteiger partial charge in [-0.25, -0.2) is 4.98 Å². The van der Waals surface area contributed by atoms with Crippen LogP contribution >= 0.6 is 11.3 Å². The molecule has 0 amide bonds. The van der Waals surface area contributed by atoms with Gasteiger partial charge in [0.1, 0.15) is 29.9 Å². The van der Waals surface area contributed by atoms with Gasteiger partial charge in [0.2, 0.25) is 0 Å². The van der Waals surface area contributed by atoms with E-state index < -0.39 is 0 Å². The first kappa shape index (κ1) is 18.1. The highest BCUT2D eigenvalue weighted by molar-refractivity contribution is 7.11. The maximum atomic E-state index is 9.56. The summed E-state index contributed by atoms with van der Waals surface area (Å²) < 4.78 is 11.1. The molecular weight excluding hydrogens is 370 g/mol. The molecule has 6 heteroatoms. The monoisotopic (exact) mass is 389 g/mol. The van der Waals surface area contributed by atoms with Gasteiger partial charge in [-0.2, -0.15) is 5.26 Å². The summed E-state index contributed by atoms with van der Waals surface area (Å²) in [7, 11) is 0. The van der Waals surface area contributed by atoms with E-state index in [1.54, 1.807) is 6.20 Å². The zero-order valence-corrected chi connectivity index (χ0v) is 16.3. The van der Waals surface area contributed by atoms with Gasteiger partial charge in [0.15, 0.2) is 11.5 Å². The van der Waals surface area contributed by atoms with E-state index in [0.717, 1.165) is 29.1 Å². The van der Waals surface area contributed by atoms with Crippen LogP contribution in [0.4, 0.5) is 5.69 Å². The van der Waals surface area contributed by atoms with Crippen molar-refractivity contribution in [1.29, 1.82) is 5.26 Å². The molecule has 0 bridgehead atoms. The second-order valence-corrected chi connectivity index (χ2v) is 7.12. The quantitative estimate of drug-likeness (QED) is 0.614. The molecule has 1 N–H and O–H groups in total. The van der Waals surface area contributed by atoms with Crippen molar-refractivity contribution < 1.29 is 9.47 Å². The summed E-state index contributed by atoms with van der Waals surface area (Å²) >= 11 is 1.46. The number of anilines is 1. The van der Waals surface area contributed by atoms with Crippen LogP contribution in [0.5, 0.6) is 11.5 Å². The van der Waals surface area contributed by atoms with Crippen LogP contribution in [0, 0.1) is 11.3 Å². The van der Waals surface area contributed by atoms with E-state index in [9.17, 15) is 5.26 Å². The lowest BCUT2D eigenvalue weighted by atomic mass is 10.1. The minimum absolute atomic E-state index is 0.483. The number of nitrogens with zero attached hydrogens (tertiary/aromatic N) is 2. The van der Waals surface area contributed by atoms with Crippen LogP contribution < -0.4 is 14.8 Å². The highest BCUT2D eigenvalue weighted by Crippen LogP contribution is 2.33. The van der Waals surface area contributed by atoms with Crippen molar-refractivity contribution >= 4 is 22.6 Å². The lowest BCUT2D eigenvalue weighted by molar-refractivity contribution is 0.171. The molecule has 5 nitrogen and oxygen atoms in total. The Morgan fingerprint density at radius 3 is 2.71 bits per heavy atom. The van der Waals surface area contributed by atoms with Crippen molar-refractivity contribution in [3.05, 3.63) is 64.6 Å². The number of nitrogens with one attached hydrogen (secondary N) is 1. The maximum Gasteiger partial charge on any atom is 0.163 e. The summed E-state index contributed by atoms with van der Waals surface area (Å²) in [4.78, 5) is 4.63. The number of hydrogen-bond donors (Lipinski definition) is 1. The lowest BCUT2D eigenvalue weighted by Crippen LogP contribution is -2.15. The SMILES string of the molecule is CCc1ccc(-c2csc(C(C#N)=CNc3ccc4c(c3)OCCO4)n2)cc1. The summed E-state index contributed by atoms with van der Waals surface area (Å²) in [5.74, 6) is 1.44. The second-order valence-electron chi connectivity index (χ2n) is 6.26. The van der Waals surface area contributed by atoms with Gasteiger partial charge in [-0.1, -0.05) is 31.2 Å². The predicted octanol–water partition coefficient (Wildman–Crippen LogP) is 5.12. The highest BCUT2D eigenvalue weighted by Gasteiger charge is 2.12. The molecule has 2 aromatic carbocycles. The van der Waals surface area contributed by atoms with Gasteiger partial charge in [0.25, 0.3) is 0 Å². The molecule has 0 aliphatic carbocycles. The third-order valence-corrected chi connectivity index (χ3v) is 5.31. The zero-order chi connectivity index (χ0) is 19.3. The van der Waals surface area contributed by atoms with Gasteiger partial charge in [-0.05, 0) is 24.1 Å². The van der Waals surface area contributed by atoms with Gasteiger partial charge in [-0.3, -0.25) is 0 Å². The first-order valence-electron chi connectivity index (χ1n) is 9.08. The van der Waals surface area contributed by atoms with E-state index in [1.807, 2.05) is 23.6 Å². The number of hydrogen-bond acceptors (Lipinski definition) is 6. The van der Waals surface area contributed by atoms with Crippen LogP contribution in [0.2, 0.25) is 0 Å². The number of rotatable bonds is 5. The Labute approximate surface area is 167 Å². The minimum Gasteiger partial charge on any atom is -0.486 e. The molecule has 0 spiro atoms. The number of nitriles is 1. The van der Waals surface area contributed by atoms with Crippen molar-refractivity contribution in [2.24, 2.45) is 0 Å². The maximum absolute atomic E-state index is 9.56. The van der Waals surface area contributed by atoms with Crippen LogP contribution in [0.3, 0.4) is 0 Å². The number of ether oxygens (including phenoxy) is 2. The molecule has 0 radical (unpaired) electrons. The number of benzene rings is 2. The van der Waals surface area contributed by atoms with Crippen molar-refractivity contribution in [3.8, 4) is 28.8 Å². The number of allylic oxidation sites excluding steroid dienone is 1. The molecule has 2 heterocycles. The highest BCUT2D eigenvalue weighted by atomic mass is 32.1. The number of aryl methyl sites for hydroxylation is 1. The predicted molar refractivity (Wildman–Crippen MR) is 112 cm³/mol. The third-order valence-electron chi connectivity index (χ3n) is 4.44. The van der Waals surface area contributed by atoms with Crippen molar-refractivity contribution in [1.82, 2.24) is 4.98 Å². The van der Waals surface area contributed by atoms with Crippen LogP contribution in [0.15, 0.2) is 54.0 Å². The zero-order valence-electron chi connectivity index (χ0n) is 15.4. The Hall–Kier alpha value is -3.30. The fourth-order valence-electron chi connectivity index (χ4n) is 2.87. The van der Waals surface area contributed by atoms with Crippen molar-refractivity contribution in [2.75, 3.05) is 18.5 Å². The smallest absolute Gasteiger partial charge is 0.163 e. The Morgan fingerprint density at radius 1 is 1.18 bits per heavy atom. The van der Waals surface area contributed by atoms with E-state index in [0.29, 0.717) is 29.5 Å². The molecule has 140 valence electrons. The Bertz CT molecular complexity index is 1050. The Kier molecular flexibility index (Phi) is 5.27. The molecule has 0 atom stereocenters. The molecule has 28 heavy (non-hydrogen) atoms. The average molecular weight is 389 g/mol. The van der Waals surface area contributed by atoms with Gasteiger partial charge < -0.3 is 14.8 Å². The molecule has 4 rings (SSSR count). The van der Waals surface area contributed by atoms with Crippen molar-refractivity contribution in [3.63, 3.8) is 0 Å². The fourth-order valence-corrected chi connectivity index (χ4v) is 3.67. The largest absolute Gasteiger partial charge is 0.486 e. The molecule has 0 saturated carbocycles. The Morgan fingerprint density at radius 2 is 1.96 bits per heavy atom.